The van der Waals surface area contributed by atoms with E-state index >= 15 is 0 Å². The third kappa shape index (κ3) is 12.3. The van der Waals surface area contributed by atoms with Crippen LogP contribution in [0.2, 0.25) is 0 Å². The Labute approximate surface area is 109 Å². The second-order valence-electron chi connectivity index (χ2n) is 3.25. The summed E-state index contributed by atoms with van der Waals surface area (Å²) in [4.78, 5) is 0. The summed E-state index contributed by atoms with van der Waals surface area (Å²) in [6, 6.07) is 0. The van der Waals surface area contributed by atoms with Gasteiger partial charge in [-0.05, 0) is 12.8 Å². The molecule has 0 saturated carbocycles. The van der Waals surface area contributed by atoms with Crippen LogP contribution in [0.1, 0.15) is 12.8 Å². The molecule has 0 aliphatic heterocycles. The Morgan fingerprint density at radius 3 is 2.06 bits per heavy atom. The molecule has 102 valence electrons. The molecule has 0 fully saturated rings. The molecule has 0 saturated heterocycles. The average Bonchev–Trinajstić information content (AvgIpc) is 2.13. The minimum Gasteiger partial charge on any atom is -0.312 e. The van der Waals surface area contributed by atoms with Gasteiger partial charge >= 0.3 is 10.5 Å². The zero-order valence-electron chi connectivity index (χ0n) is 8.77. The van der Waals surface area contributed by atoms with E-state index in [9.17, 15) is 22.0 Å². The van der Waals surface area contributed by atoms with Crippen molar-refractivity contribution in [2.45, 2.75) is 23.3 Å². The van der Waals surface area contributed by atoms with E-state index in [4.69, 9.17) is 0 Å². The highest BCUT2D eigenvalue weighted by Gasteiger charge is 2.32. The third-order valence-electron chi connectivity index (χ3n) is 1.74. The Kier molecular flexibility index (Phi) is 7.49. The van der Waals surface area contributed by atoms with E-state index < -0.39 is 29.6 Å². The zero-order chi connectivity index (χ0) is 13.5. The van der Waals surface area contributed by atoms with Crippen molar-refractivity contribution < 1.29 is 31.4 Å². The normalized spacial score (nSPS) is 14.7. The van der Waals surface area contributed by atoms with Crippen molar-refractivity contribution >= 4 is 22.6 Å². The van der Waals surface area contributed by atoms with Crippen LogP contribution in [0.25, 0.3) is 0 Å². The van der Waals surface area contributed by atoms with Crippen molar-refractivity contribution in [3.05, 3.63) is 12.7 Å². The molecule has 0 aromatic rings. The van der Waals surface area contributed by atoms with Crippen LogP contribution in [0.15, 0.2) is 12.7 Å². The molecule has 0 radical (unpaired) electrons. The summed E-state index contributed by atoms with van der Waals surface area (Å²) < 4.78 is 64.4. The van der Waals surface area contributed by atoms with Gasteiger partial charge in [-0.15, -0.1) is 19.8 Å². The Morgan fingerprint density at radius 1 is 1.12 bits per heavy atom. The van der Waals surface area contributed by atoms with Gasteiger partial charge in [0.2, 0.25) is 0 Å². The molecule has 0 aromatic carbocycles. The molecule has 8 heteroatoms. The van der Waals surface area contributed by atoms with Gasteiger partial charge in [-0.2, -0.15) is 8.78 Å². The highest BCUT2D eigenvalue weighted by atomic mass is 127. The van der Waals surface area contributed by atoms with Crippen LogP contribution >= 0.6 is 22.6 Å². The highest BCUT2D eigenvalue weighted by Crippen LogP contribution is 2.26. The van der Waals surface area contributed by atoms with E-state index in [1.807, 2.05) is 0 Å². The quantitative estimate of drug-likeness (QED) is 0.276. The summed E-state index contributed by atoms with van der Waals surface area (Å²) in [6.07, 6.45) is -2.63. The Bertz CT molecular complexity index is 208. The van der Waals surface area contributed by atoms with E-state index in [-0.39, 0.29) is 6.42 Å². The topological polar surface area (TPSA) is 18.5 Å². The SMILES string of the molecule is C=CCCC(COC(F)(F)F)COC(F)(F)I. The van der Waals surface area contributed by atoms with Crippen molar-refractivity contribution in [2.75, 3.05) is 13.2 Å². The van der Waals surface area contributed by atoms with Crippen molar-refractivity contribution in [3.63, 3.8) is 0 Å². The molecule has 2 nitrogen and oxygen atoms in total. The van der Waals surface area contributed by atoms with Gasteiger partial charge in [0.05, 0.1) is 13.2 Å². The largest absolute Gasteiger partial charge is 0.522 e. The van der Waals surface area contributed by atoms with Gasteiger partial charge in [0.1, 0.15) is 0 Å². The van der Waals surface area contributed by atoms with Gasteiger partial charge in [0.15, 0.2) is 0 Å². The number of halogens is 6. The molecule has 0 bridgehead atoms. The maximum atomic E-state index is 12.4. The first-order valence-electron chi connectivity index (χ1n) is 4.66. The number of ether oxygens (including phenoxy) is 2. The lowest BCUT2D eigenvalue weighted by Gasteiger charge is -2.19. The highest BCUT2D eigenvalue weighted by molar-refractivity contribution is 14.1. The summed E-state index contributed by atoms with van der Waals surface area (Å²) in [5, 5.41) is 0. The third-order valence-corrected chi connectivity index (χ3v) is 2.06. The van der Waals surface area contributed by atoms with Crippen LogP contribution in [-0.2, 0) is 9.47 Å². The van der Waals surface area contributed by atoms with E-state index in [0.717, 1.165) is 22.6 Å². The lowest BCUT2D eigenvalue weighted by Crippen LogP contribution is -2.25. The first-order valence-corrected chi connectivity index (χ1v) is 5.74. The van der Waals surface area contributed by atoms with Gasteiger partial charge in [-0.25, -0.2) is 0 Å². The molecule has 1 atom stereocenters. The lowest BCUT2D eigenvalue weighted by molar-refractivity contribution is -0.330. The van der Waals surface area contributed by atoms with E-state index in [2.05, 4.69) is 16.1 Å². The van der Waals surface area contributed by atoms with Crippen LogP contribution in [0.4, 0.5) is 22.0 Å². The van der Waals surface area contributed by atoms with Crippen LogP contribution in [0, 0.1) is 5.92 Å². The summed E-state index contributed by atoms with van der Waals surface area (Å²) >= 11 is 0.753. The first-order chi connectivity index (χ1) is 7.64. The minimum atomic E-state index is -4.76. The number of hydrogen-bond acceptors (Lipinski definition) is 2. The molecule has 1 unspecified atom stereocenters. The van der Waals surface area contributed by atoms with E-state index in [1.165, 1.54) is 6.08 Å². The van der Waals surface area contributed by atoms with E-state index in [1.54, 1.807) is 0 Å². The Hall–Kier alpha value is 0.0400. The number of rotatable bonds is 8. The van der Waals surface area contributed by atoms with Gasteiger partial charge in [0, 0.05) is 28.5 Å². The zero-order valence-corrected chi connectivity index (χ0v) is 10.9. The van der Waals surface area contributed by atoms with Crippen molar-refractivity contribution in [1.82, 2.24) is 0 Å². The minimum absolute atomic E-state index is 0.242. The monoisotopic (exact) mass is 374 g/mol. The predicted octanol–water partition coefficient (Wildman–Crippen LogP) is 4.11. The van der Waals surface area contributed by atoms with Crippen LogP contribution < -0.4 is 0 Å². The van der Waals surface area contributed by atoms with Gasteiger partial charge in [-0.3, -0.25) is 4.74 Å². The van der Waals surface area contributed by atoms with Crippen LogP contribution in [0.3, 0.4) is 0 Å². The first kappa shape index (κ1) is 17.0. The summed E-state index contributed by atoms with van der Waals surface area (Å²) in [6.45, 7) is 2.19. The molecule has 0 heterocycles. The molecule has 0 amide bonds. The fraction of sp³-hybridized carbons (Fsp3) is 0.778. The maximum absolute atomic E-state index is 12.4. The molecule has 0 aliphatic rings. The number of hydrogen-bond donors (Lipinski definition) is 0. The smallest absolute Gasteiger partial charge is 0.312 e. The fourth-order valence-corrected chi connectivity index (χ4v) is 1.17. The summed E-state index contributed by atoms with van der Waals surface area (Å²) in [5.74, 6) is -0.754. The van der Waals surface area contributed by atoms with Crippen molar-refractivity contribution in [1.29, 1.82) is 0 Å². The van der Waals surface area contributed by atoms with Crippen LogP contribution in [-0.4, -0.2) is 23.7 Å². The molecule has 0 rings (SSSR count). The molecule has 0 N–H and O–H groups in total. The molecule has 0 aliphatic carbocycles. The molecule has 0 spiro atoms. The van der Waals surface area contributed by atoms with Gasteiger partial charge in [0.25, 0.3) is 0 Å². The van der Waals surface area contributed by atoms with E-state index in [0.29, 0.717) is 6.42 Å². The van der Waals surface area contributed by atoms with Gasteiger partial charge in [-0.1, -0.05) is 6.08 Å². The molecule has 17 heavy (non-hydrogen) atoms. The maximum Gasteiger partial charge on any atom is 0.522 e. The predicted molar refractivity (Wildman–Crippen MR) is 59.8 cm³/mol. The van der Waals surface area contributed by atoms with Crippen molar-refractivity contribution in [2.24, 2.45) is 5.92 Å². The fourth-order valence-electron chi connectivity index (χ4n) is 0.993. The summed E-state index contributed by atoms with van der Waals surface area (Å²) in [5.41, 5.74) is 0. The number of alkyl halides is 6. The Balaban J connectivity index is 4.09. The standard InChI is InChI=1S/C9H12F5IO2/c1-2-3-4-7(5-16-8(10,11)12)6-17-9(13,14)15/h2,7H,1,3-6H2. The van der Waals surface area contributed by atoms with Crippen LogP contribution in [0.5, 0.6) is 0 Å². The second-order valence-corrected chi connectivity index (χ2v) is 4.50. The average molecular weight is 374 g/mol. The lowest BCUT2D eigenvalue weighted by atomic mass is 10.1. The Morgan fingerprint density at radius 2 is 1.65 bits per heavy atom. The molecular formula is C9H12F5IO2. The van der Waals surface area contributed by atoms with Crippen molar-refractivity contribution in [3.8, 4) is 0 Å². The van der Waals surface area contributed by atoms with Gasteiger partial charge < -0.3 is 4.74 Å². The summed E-state index contributed by atoms with van der Waals surface area (Å²) in [7, 11) is 0. The molecule has 0 aromatic heterocycles. The number of allylic oxidation sites excluding steroid dienone is 1. The second kappa shape index (κ2) is 7.47. The molecular weight excluding hydrogens is 362 g/mol.